The maximum absolute atomic E-state index is 12.1. The van der Waals surface area contributed by atoms with Crippen molar-refractivity contribution in [2.24, 2.45) is 0 Å². The molecule has 0 bridgehead atoms. The van der Waals surface area contributed by atoms with Gasteiger partial charge >= 0.3 is 0 Å². The molecule has 1 heterocycles. The van der Waals surface area contributed by atoms with Crippen LogP contribution in [0.1, 0.15) is 15.9 Å². The van der Waals surface area contributed by atoms with Crippen LogP contribution in [0.5, 0.6) is 5.75 Å². The first-order chi connectivity index (χ1) is 9.63. The maximum Gasteiger partial charge on any atom is 0.254 e. The third-order valence-corrected chi connectivity index (χ3v) is 3.71. The second-order valence-corrected chi connectivity index (χ2v) is 5.10. The smallest absolute Gasteiger partial charge is 0.254 e. The Kier molecular flexibility index (Phi) is 4.98. The molecule has 4 nitrogen and oxygen atoms in total. The normalized spacial score (nSPS) is 10.2. The zero-order valence-electron chi connectivity index (χ0n) is 10.7. The third kappa shape index (κ3) is 3.29. The number of nitrogens with one attached hydrogen (secondary N) is 1. The lowest BCUT2D eigenvalue weighted by atomic mass is 10.2. The van der Waals surface area contributed by atoms with Gasteiger partial charge in [-0.3, -0.25) is 4.79 Å². The second kappa shape index (κ2) is 6.72. The van der Waals surface area contributed by atoms with E-state index >= 15 is 0 Å². The number of nitrogens with zero attached hydrogens (tertiary/aromatic N) is 1. The molecule has 0 atom stereocenters. The van der Waals surface area contributed by atoms with Crippen LogP contribution in [0.4, 0.5) is 0 Å². The molecule has 1 amide bonds. The van der Waals surface area contributed by atoms with Crippen molar-refractivity contribution in [3.8, 4) is 5.75 Å². The van der Waals surface area contributed by atoms with Crippen molar-refractivity contribution < 1.29 is 9.53 Å². The van der Waals surface area contributed by atoms with Gasteiger partial charge < -0.3 is 10.1 Å². The summed E-state index contributed by atoms with van der Waals surface area (Å²) in [6, 6.07) is 8.75. The summed E-state index contributed by atoms with van der Waals surface area (Å²) in [6.45, 7) is 0.281. The van der Waals surface area contributed by atoms with Gasteiger partial charge in [-0.1, -0.05) is 17.7 Å². The highest BCUT2D eigenvalue weighted by atomic mass is 79.9. The van der Waals surface area contributed by atoms with E-state index in [1.54, 1.807) is 43.6 Å². The molecule has 1 aromatic heterocycles. The van der Waals surface area contributed by atoms with Gasteiger partial charge in [-0.2, -0.15) is 0 Å². The van der Waals surface area contributed by atoms with Gasteiger partial charge in [0.25, 0.3) is 5.91 Å². The van der Waals surface area contributed by atoms with E-state index in [2.05, 4.69) is 26.2 Å². The number of carbonyl (C=O) groups excluding carboxylic acids is 1. The molecular weight excluding hydrogens is 344 g/mol. The van der Waals surface area contributed by atoms with E-state index in [4.69, 9.17) is 16.3 Å². The molecule has 1 aromatic carbocycles. The average Bonchev–Trinajstić information content (AvgIpc) is 2.46. The van der Waals surface area contributed by atoms with Crippen molar-refractivity contribution in [2.75, 3.05) is 7.11 Å². The van der Waals surface area contributed by atoms with E-state index in [9.17, 15) is 4.79 Å². The average molecular weight is 356 g/mol. The third-order valence-electron chi connectivity index (χ3n) is 2.73. The van der Waals surface area contributed by atoms with Gasteiger partial charge in [-0.15, -0.1) is 0 Å². The molecule has 0 aliphatic rings. The lowest BCUT2D eigenvalue weighted by molar-refractivity contribution is 0.0949. The maximum atomic E-state index is 12.1. The van der Waals surface area contributed by atoms with Crippen molar-refractivity contribution in [3.63, 3.8) is 0 Å². The van der Waals surface area contributed by atoms with Crippen LogP contribution >= 0.6 is 27.5 Å². The fraction of sp³-hybridized carbons (Fsp3) is 0.143. The first-order valence-electron chi connectivity index (χ1n) is 5.83. The lowest BCUT2D eigenvalue weighted by Crippen LogP contribution is -2.23. The number of hydrogen-bond donors (Lipinski definition) is 1. The Morgan fingerprint density at radius 1 is 1.40 bits per heavy atom. The van der Waals surface area contributed by atoms with Gasteiger partial charge in [0.05, 0.1) is 12.7 Å². The Bertz CT molecular complexity index is 634. The Morgan fingerprint density at radius 3 is 2.90 bits per heavy atom. The largest absolute Gasteiger partial charge is 0.496 e. The molecule has 0 unspecified atom stereocenters. The Morgan fingerprint density at radius 2 is 2.20 bits per heavy atom. The highest BCUT2D eigenvalue weighted by Gasteiger charge is 2.12. The first kappa shape index (κ1) is 14.8. The van der Waals surface area contributed by atoms with Gasteiger partial charge in [0.15, 0.2) is 0 Å². The van der Waals surface area contributed by atoms with E-state index in [0.29, 0.717) is 20.9 Å². The number of hydrogen-bond acceptors (Lipinski definition) is 3. The molecular formula is C14H12BrClN2O2. The number of halogens is 2. The summed E-state index contributed by atoms with van der Waals surface area (Å²) in [6.07, 6.45) is 1.61. The monoisotopic (exact) mass is 354 g/mol. The summed E-state index contributed by atoms with van der Waals surface area (Å²) in [5.41, 5.74) is 1.21. The van der Waals surface area contributed by atoms with Crippen molar-refractivity contribution in [1.82, 2.24) is 10.3 Å². The molecule has 0 saturated carbocycles. The molecule has 2 aromatic rings. The van der Waals surface area contributed by atoms with Crippen LogP contribution in [0.15, 0.2) is 41.1 Å². The molecule has 0 spiro atoms. The lowest BCUT2D eigenvalue weighted by Gasteiger charge is -2.11. The van der Waals surface area contributed by atoms with Crippen LogP contribution < -0.4 is 10.1 Å². The molecule has 2 rings (SSSR count). The standard InChI is InChI=1S/C14H12BrClN2O2/c1-20-12-6-2-5-11(16)10(12)8-18-14(19)9-4-3-7-17-13(9)15/h2-7H,8H2,1H3,(H,18,19). The zero-order valence-corrected chi connectivity index (χ0v) is 13.0. The van der Waals surface area contributed by atoms with Crippen LogP contribution in [-0.4, -0.2) is 18.0 Å². The van der Waals surface area contributed by atoms with Crippen LogP contribution in [0, 0.1) is 0 Å². The van der Waals surface area contributed by atoms with Crippen LogP contribution in [0.25, 0.3) is 0 Å². The number of aromatic nitrogens is 1. The van der Waals surface area contributed by atoms with Gasteiger partial charge in [-0.05, 0) is 40.2 Å². The summed E-state index contributed by atoms with van der Waals surface area (Å²) in [4.78, 5) is 16.1. The highest BCUT2D eigenvalue weighted by molar-refractivity contribution is 9.10. The number of pyridine rings is 1. The van der Waals surface area contributed by atoms with Gasteiger partial charge in [0.1, 0.15) is 10.4 Å². The Labute approximate surface area is 130 Å². The molecule has 6 heteroatoms. The SMILES string of the molecule is COc1cccc(Cl)c1CNC(=O)c1cccnc1Br. The quantitative estimate of drug-likeness (QED) is 0.855. The van der Waals surface area contributed by atoms with Gasteiger partial charge in [0, 0.05) is 23.3 Å². The molecule has 0 aliphatic carbocycles. The van der Waals surface area contributed by atoms with E-state index in [0.717, 1.165) is 5.56 Å². The summed E-state index contributed by atoms with van der Waals surface area (Å²) in [5, 5.41) is 3.35. The number of methoxy groups -OCH3 is 1. The van der Waals surface area contributed by atoms with Crippen LogP contribution in [0.2, 0.25) is 5.02 Å². The number of ether oxygens (including phenoxy) is 1. The predicted molar refractivity (Wildman–Crippen MR) is 81.1 cm³/mol. The highest BCUT2D eigenvalue weighted by Crippen LogP contribution is 2.26. The number of carbonyl (C=O) groups is 1. The topological polar surface area (TPSA) is 51.2 Å². The summed E-state index contributed by atoms with van der Waals surface area (Å²) in [5.74, 6) is 0.412. The van der Waals surface area contributed by atoms with Crippen molar-refractivity contribution >= 4 is 33.4 Å². The molecule has 0 radical (unpaired) electrons. The van der Waals surface area contributed by atoms with Gasteiger partial charge in [0.2, 0.25) is 0 Å². The predicted octanol–water partition coefficient (Wildman–Crippen LogP) is 3.44. The Balaban J connectivity index is 2.14. The summed E-state index contributed by atoms with van der Waals surface area (Å²) in [7, 11) is 1.56. The van der Waals surface area contributed by atoms with Crippen LogP contribution in [-0.2, 0) is 6.54 Å². The van der Waals surface area contributed by atoms with Crippen molar-refractivity contribution in [3.05, 3.63) is 57.3 Å². The minimum atomic E-state index is -0.230. The molecule has 0 saturated heterocycles. The summed E-state index contributed by atoms with van der Waals surface area (Å²) < 4.78 is 5.73. The van der Waals surface area contributed by atoms with Crippen molar-refractivity contribution in [2.45, 2.75) is 6.54 Å². The van der Waals surface area contributed by atoms with E-state index < -0.39 is 0 Å². The van der Waals surface area contributed by atoms with E-state index in [-0.39, 0.29) is 12.5 Å². The van der Waals surface area contributed by atoms with Crippen LogP contribution in [0.3, 0.4) is 0 Å². The van der Waals surface area contributed by atoms with E-state index in [1.165, 1.54) is 0 Å². The number of amides is 1. The molecule has 0 aliphatic heterocycles. The number of benzene rings is 1. The molecule has 104 valence electrons. The first-order valence-corrected chi connectivity index (χ1v) is 7.00. The molecule has 1 N–H and O–H groups in total. The minimum Gasteiger partial charge on any atom is -0.496 e. The fourth-order valence-corrected chi connectivity index (χ4v) is 2.38. The van der Waals surface area contributed by atoms with Crippen molar-refractivity contribution in [1.29, 1.82) is 0 Å². The van der Waals surface area contributed by atoms with Gasteiger partial charge in [-0.25, -0.2) is 4.98 Å². The molecule has 20 heavy (non-hydrogen) atoms. The number of rotatable bonds is 4. The Hall–Kier alpha value is -1.59. The molecule has 0 fully saturated rings. The fourth-order valence-electron chi connectivity index (χ4n) is 1.72. The zero-order chi connectivity index (χ0) is 14.5. The summed E-state index contributed by atoms with van der Waals surface area (Å²) >= 11 is 9.36. The minimum absolute atomic E-state index is 0.230. The second-order valence-electron chi connectivity index (χ2n) is 3.95. The van der Waals surface area contributed by atoms with E-state index in [1.807, 2.05) is 0 Å².